The van der Waals surface area contributed by atoms with E-state index >= 15 is 0 Å². The van der Waals surface area contributed by atoms with Gasteiger partial charge in [-0.3, -0.25) is 0 Å². The van der Waals surface area contributed by atoms with Crippen molar-refractivity contribution in [2.24, 2.45) is 7.05 Å². The van der Waals surface area contributed by atoms with Crippen LogP contribution in [-0.2, 0) is 7.05 Å². The van der Waals surface area contributed by atoms with Gasteiger partial charge >= 0.3 is 0 Å². The molecule has 2 N–H and O–H groups in total. The third-order valence-corrected chi connectivity index (χ3v) is 2.73. The number of rotatable bonds is 5. The molecule has 19 heavy (non-hydrogen) atoms. The van der Waals surface area contributed by atoms with Crippen LogP contribution >= 0.6 is 0 Å². The Morgan fingerprint density at radius 3 is 2.37 bits per heavy atom. The van der Waals surface area contributed by atoms with Crippen molar-refractivity contribution in [1.82, 2.24) is 9.78 Å². The lowest BCUT2D eigenvalue weighted by Crippen LogP contribution is -1.97. The Morgan fingerprint density at radius 1 is 1.21 bits per heavy atom. The third-order valence-electron chi connectivity index (χ3n) is 2.73. The summed E-state index contributed by atoms with van der Waals surface area (Å²) in [5, 5.41) is 4.21. The number of nitrogens with zero attached hydrogens (tertiary/aromatic N) is 2. The van der Waals surface area contributed by atoms with Crippen LogP contribution < -0.4 is 15.2 Å². The maximum Gasteiger partial charge on any atom is 0.241 e. The molecule has 0 unspecified atom stereocenters. The van der Waals surface area contributed by atoms with Crippen LogP contribution in [0.25, 0.3) is 0 Å². The zero-order chi connectivity index (χ0) is 13.8. The van der Waals surface area contributed by atoms with Crippen LogP contribution in [0.2, 0.25) is 0 Å². The quantitative estimate of drug-likeness (QED) is 0.899. The number of hydrogen-bond acceptors (Lipinski definition) is 4. The molecule has 0 bridgehead atoms. The topological polar surface area (TPSA) is 62.3 Å². The van der Waals surface area contributed by atoms with Crippen molar-refractivity contribution in [1.29, 1.82) is 0 Å². The Morgan fingerprint density at radius 2 is 1.84 bits per heavy atom. The van der Waals surface area contributed by atoms with Gasteiger partial charge in [-0.2, -0.15) is 5.10 Å². The molecule has 1 aromatic heterocycles. The van der Waals surface area contributed by atoms with Crippen LogP contribution in [0.15, 0.2) is 24.3 Å². The van der Waals surface area contributed by atoms with E-state index in [0.717, 1.165) is 17.9 Å². The highest BCUT2D eigenvalue weighted by molar-refractivity contribution is 5.53. The van der Waals surface area contributed by atoms with E-state index in [1.54, 1.807) is 11.7 Å². The van der Waals surface area contributed by atoms with Gasteiger partial charge in [0.2, 0.25) is 5.88 Å². The largest absolute Gasteiger partial charge is 0.494 e. The first-order valence-corrected chi connectivity index (χ1v) is 6.31. The Labute approximate surface area is 112 Å². The van der Waals surface area contributed by atoms with Gasteiger partial charge in [-0.05, 0) is 37.6 Å². The smallest absolute Gasteiger partial charge is 0.241 e. The van der Waals surface area contributed by atoms with Crippen molar-refractivity contribution in [2.45, 2.75) is 20.3 Å². The molecule has 2 aromatic rings. The maximum absolute atomic E-state index is 5.91. The second-order valence-electron chi connectivity index (χ2n) is 4.35. The van der Waals surface area contributed by atoms with E-state index in [4.69, 9.17) is 15.2 Å². The summed E-state index contributed by atoms with van der Waals surface area (Å²) in [7, 11) is 1.80. The minimum atomic E-state index is 0.555. The molecule has 102 valence electrons. The number of benzene rings is 1. The molecule has 0 aliphatic carbocycles. The molecule has 5 nitrogen and oxygen atoms in total. The van der Waals surface area contributed by atoms with Crippen LogP contribution in [-0.4, -0.2) is 16.4 Å². The Balaban J connectivity index is 2.11. The van der Waals surface area contributed by atoms with Crippen LogP contribution in [0, 0.1) is 6.92 Å². The number of ether oxygens (including phenoxy) is 2. The van der Waals surface area contributed by atoms with Gasteiger partial charge in [0.05, 0.1) is 12.3 Å². The van der Waals surface area contributed by atoms with Crippen molar-refractivity contribution < 1.29 is 9.47 Å². The lowest BCUT2D eigenvalue weighted by molar-refractivity contribution is 0.317. The lowest BCUT2D eigenvalue weighted by atomic mass is 10.3. The predicted molar refractivity (Wildman–Crippen MR) is 74.7 cm³/mol. The second-order valence-corrected chi connectivity index (χ2v) is 4.35. The summed E-state index contributed by atoms with van der Waals surface area (Å²) in [6, 6.07) is 7.47. The number of hydrogen-bond donors (Lipinski definition) is 1. The summed E-state index contributed by atoms with van der Waals surface area (Å²) in [6.07, 6.45) is 0.989. The Kier molecular flexibility index (Phi) is 3.94. The molecule has 0 saturated carbocycles. The lowest BCUT2D eigenvalue weighted by Gasteiger charge is -2.08. The summed E-state index contributed by atoms with van der Waals surface area (Å²) in [6.45, 7) is 4.64. The summed E-state index contributed by atoms with van der Waals surface area (Å²) in [5.41, 5.74) is 7.24. The van der Waals surface area contributed by atoms with Crippen LogP contribution in [0.4, 0.5) is 5.69 Å². The third kappa shape index (κ3) is 2.99. The molecule has 2 rings (SSSR count). The van der Waals surface area contributed by atoms with Crippen molar-refractivity contribution in [3.8, 4) is 17.4 Å². The number of nitrogen functional groups attached to an aromatic ring is 1. The maximum atomic E-state index is 5.91. The van der Waals surface area contributed by atoms with Gasteiger partial charge in [0, 0.05) is 7.05 Å². The zero-order valence-corrected chi connectivity index (χ0v) is 11.5. The number of anilines is 1. The molecule has 0 saturated heterocycles. The molecule has 0 atom stereocenters. The van der Waals surface area contributed by atoms with Gasteiger partial charge in [0.25, 0.3) is 0 Å². The monoisotopic (exact) mass is 261 g/mol. The number of aromatic nitrogens is 2. The van der Waals surface area contributed by atoms with Crippen LogP contribution in [0.3, 0.4) is 0 Å². The zero-order valence-electron chi connectivity index (χ0n) is 11.5. The Hall–Kier alpha value is -2.17. The first-order chi connectivity index (χ1) is 9.11. The van der Waals surface area contributed by atoms with Crippen molar-refractivity contribution in [2.75, 3.05) is 12.3 Å². The van der Waals surface area contributed by atoms with Crippen LogP contribution in [0.5, 0.6) is 17.4 Å². The van der Waals surface area contributed by atoms with Crippen molar-refractivity contribution in [3.63, 3.8) is 0 Å². The average Bonchev–Trinajstić information content (AvgIpc) is 2.64. The van der Waals surface area contributed by atoms with E-state index < -0.39 is 0 Å². The minimum absolute atomic E-state index is 0.555. The number of aryl methyl sites for hydroxylation is 2. The Bertz CT molecular complexity index is 547. The first kappa shape index (κ1) is 13.3. The molecule has 0 aliphatic heterocycles. The minimum Gasteiger partial charge on any atom is -0.494 e. The fourth-order valence-electron chi connectivity index (χ4n) is 1.71. The van der Waals surface area contributed by atoms with E-state index in [2.05, 4.69) is 12.0 Å². The SMILES string of the molecule is CCCOc1ccc(Oc2c(N)c(C)nn2C)cc1. The summed E-state index contributed by atoms with van der Waals surface area (Å²) in [5.74, 6) is 2.10. The normalized spacial score (nSPS) is 10.5. The van der Waals surface area contributed by atoms with E-state index in [9.17, 15) is 0 Å². The second kappa shape index (κ2) is 5.65. The van der Waals surface area contributed by atoms with E-state index in [1.807, 2.05) is 31.2 Å². The summed E-state index contributed by atoms with van der Waals surface area (Å²) in [4.78, 5) is 0. The van der Waals surface area contributed by atoms with Gasteiger partial charge < -0.3 is 15.2 Å². The van der Waals surface area contributed by atoms with Gasteiger partial charge in [-0.25, -0.2) is 4.68 Å². The molecule has 1 aromatic carbocycles. The van der Waals surface area contributed by atoms with E-state index in [0.29, 0.717) is 23.9 Å². The molecule has 0 fully saturated rings. The molecule has 0 aliphatic rings. The van der Waals surface area contributed by atoms with E-state index in [1.165, 1.54) is 0 Å². The van der Waals surface area contributed by atoms with Gasteiger partial charge in [0.15, 0.2) is 0 Å². The standard InChI is InChI=1S/C14H19N3O2/c1-4-9-18-11-5-7-12(8-6-11)19-14-13(15)10(2)16-17(14)3/h5-8H,4,9,15H2,1-3H3. The molecule has 1 heterocycles. The highest BCUT2D eigenvalue weighted by atomic mass is 16.5. The molecule has 5 heteroatoms. The van der Waals surface area contributed by atoms with Gasteiger partial charge in [-0.15, -0.1) is 0 Å². The molecular formula is C14H19N3O2. The van der Waals surface area contributed by atoms with Gasteiger partial charge in [0.1, 0.15) is 17.2 Å². The molecular weight excluding hydrogens is 242 g/mol. The summed E-state index contributed by atoms with van der Waals surface area (Å²) < 4.78 is 12.9. The average molecular weight is 261 g/mol. The van der Waals surface area contributed by atoms with Crippen molar-refractivity contribution >= 4 is 5.69 Å². The molecule has 0 amide bonds. The first-order valence-electron chi connectivity index (χ1n) is 6.31. The summed E-state index contributed by atoms with van der Waals surface area (Å²) >= 11 is 0. The number of nitrogens with two attached hydrogens (primary N) is 1. The van der Waals surface area contributed by atoms with Crippen LogP contribution in [0.1, 0.15) is 19.0 Å². The fraction of sp³-hybridized carbons (Fsp3) is 0.357. The molecule has 0 radical (unpaired) electrons. The highest BCUT2D eigenvalue weighted by Crippen LogP contribution is 2.29. The van der Waals surface area contributed by atoms with E-state index in [-0.39, 0.29) is 0 Å². The fourth-order valence-corrected chi connectivity index (χ4v) is 1.71. The predicted octanol–water partition coefficient (Wildman–Crippen LogP) is 2.89. The highest BCUT2D eigenvalue weighted by Gasteiger charge is 2.12. The van der Waals surface area contributed by atoms with Gasteiger partial charge in [-0.1, -0.05) is 6.92 Å². The van der Waals surface area contributed by atoms with Crippen molar-refractivity contribution in [3.05, 3.63) is 30.0 Å². The molecule has 0 spiro atoms.